The number of benzene rings is 3. The van der Waals surface area contributed by atoms with Crippen LogP contribution in [0.25, 0.3) is 10.8 Å². The molecule has 3 aromatic carbocycles. The van der Waals surface area contributed by atoms with Gasteiger partial charge in [-0.2, -0.15) is 13.2 Å². The Balaban J connectivity index is 1.92. The normalized spacial score (nSPS) is 11.5. The van der Waals surface area contributed by atoms with E-state index in [4.69, 9.17) is 16.3 Å². The molecule has 0 aliphatic rings. The van der Waals surface area contributed by atoms with Crippen molar-refractivity contribution in [2.75, 3.05) is 12.4 Å². The van der Waals surface area contributed by atoms with Crippen LogP contribution >= 0.6 is 27.5 Å². The van der Waals surface area contributed by atoms with Crippen molar-refractivity contribution >= 4 is 49.9 Å². The molecule has 0 heterocycles. The van der Waals surface area contributed by atoms with Crippen LogP contribution in [0.1, 0.15) is 11.1 Å². The van der Waals surface area contributed by atoms with E-state index >= 15 is 0 Å². The number of amides is 1. The molecule has 0 radical (unpaired) electrons. The van der Waals surface area contributed by atoms with E-state index in [1.54, 1.807) is 6.07 Å². The van der Waals surface area contributed by atoms with Crippen molar-refractivity contribution in [3.8, 4) is 5.75 Å². The maximum absolute atomic E-state index is 12.9. The van der Waals surface area contributed by atoms with Gasteiger partial charge in [0.25, 0.3) is 0 Å². The van der Waals surface area contributed by atoms with E-state index in [1.165, 1.54) is 7.11 Å². The highest BCUT2D eigenvalue weighted by Gasteiger charge is 2.31. The summed E-state index contributed by atoms with van der Waals surface area (Å²) in [5.41, 5.74) is -0.351. The van der Waals surface area contributed by atoms with Gasteiger partial charge in [0, 0.05) is 10.0 Å². The fraction of sp³-hybridized carbons (Fsp3) is 0.150. The molecule has 3 aromatic rings. The van der Waals surface area contributed by atoms with Crippen LogP contribution in [0.2, 0.25) is 5.02 Å². The fourth-order valence-corrected chi connectivity index (χ4v) is 3.41. The average Bonchev–Trinajstić information content (AvgIpc) is 2.62. The Labute approximate surface area is 172 Å². The molecule has 0 aliphatic carbocycles. The van der Waals surface area contributed by atoms with Gasteiger partial charge in [-0.05, 0) is 47.2 Å². The van der Waals surface area contributed by atoms with Gasteiger partial charge in [0.1, 0.15) is 5.75 Å². The number of carbonyl (C=O) groups excluding carboxylic acids is 1. The lowest BCUT2D eigenvalue weighted by Crippen LogP contribution is -2.16. The molecular formula is C20H14BrClF3NO2. The van der Waals surface area contributed by atoms with Crippen LogP contribution in [-0.4, -0.2) is 13.0 Å². The molecule has 28 heavy (non-hydrogen) atoms. The minimum atomic E-state index is -4.53. The first-order chi connectivity index (χ1) is 13.2. The number of fused-ring (bicyclic) bond motifs is 1. The smallest absolute Gasteiger partial charge is 0.416 e. The molecule has 3 nitrogen and oxygen atoms in total. The third kappa shape index (κ3) is 4.42. The molecular weight excluding hydrogens is 459 g/mol. The number of methoxy groups -OCH3 is 1. The van der Waals surface area contributed by atoms with Crippen molar-refractivity contribution in [2.24, 2.45) is 0 Å². The quantitative estimate of drug-likeness (QED) is 0.473. The van der Waals surface area contributed by atoms with Crippen molar-refractivity contribution in [1.29, 1.82) is 0 Å². The first kappa shape index (κ1) is 20.5. The summed E-state index contributed by atoms with van der Waals surface area (Å²) < 4.78 is 45.0. The van der Waals surface area contributed by atoms with Gasteiger partial charge < -0.3 is 10.1 Å². The number of carbonyl (C=O) groups is 1. The number of hydrogen-bond donors (Lipinski definition) is 1. The zero-order chi connectivity index (χ0) is 20.5. The predicted octanol–water partition coefficient (Wildman–Crippen LogP) is 6.46. The van der Waals surface area contributed by atoms with E-state index in [2.05, 4.69) is 21.2 Å². The summed E-state index contributed by atoms with van der Waals surface area (Å²) >= 11 is 9.35. The first-order valence-corrected chi connectivity index (χ1v) is 9.28. The third-order valence-electron chi connectivity index (χ3n) is 4.18. The molecule has 146 valence electrons. The van der Waals surface area contributed by atoms with E-state index in [0.29, 0.717) is 11.3 Å². The van der Waals surface area contributed by atoms with Gasteiger partial charge in [-0.15, -0.1) is 0 Å². The van der Waals surface area contributed by atoms with Gasteiger partial charge in [0.2, 0.25) is 5.91 Å². The average molecular weight is 473 g/mol. The molecule has 3 rings (SSSR count). The summed E-state index contributed by atoms with van der Waals surface area (Å²) in [5.74, 6) is 0.00931. The summed E-state index contributed by atoms with van der Waals surface area (Å²) in [6.45, 7) is 0. The summed E-state index contributed by atoms with van der Waals surface area (Å²) in [5, 5.41) is 4.20. The van der Waals surface area contributed by atoms with Gasteiger partial charge in [-0.3, -0.25) is 4.79 Å². The lowest BCUT2D eigenvalue weighted by atomic mass is 10.0. The molecule has 0 spiro atoms. The zero-order valence-electron chi connectivity index (χ0n) is 14.5. The topological polar surface area (TPSA) is 38.3 Å². The lowest BCUT2D eigenvalue weighted by molar-refractivity contribution is -0.137. The van der Waals surface area contributed by atoms with Crippen LogP contribution < -0.4 is 10.1 Å². The Morgan fingerprint density at radius 2 is 1.89 bits per heavy atom. The number of rotatable bonds is 4. The molecule has 1 amide bonds. The van der Waals surface area contributed by atoms with Crippen LogP contribution in [0.5, 0.6) is 5.75 Å². The van der Waals surface area contributed by atoms with Crippen molar-refractivity contribution in [3.63, 3.8) is 0 Å². The molecule has 0 unspecified atom stereocenters. The largest absolute Gasteiger partial charge is 0.496 e. The summed E-state index contributed by atoms with van der Waals surface area (Å²) in [6.07, 6.45) is -4.62. The number of anilines is 1. The molecule has 0 aromatic heterocycles. The van der Waals surface area contributed by atoms with E-state index in [9.17, 15) is 18.0 Å². The van der Waals surface area contributed by atoms with Crippen molar-refractivity contribution in [3.05, 3.63) is 69.2 Å². The maximum Gasteiger partial charge on any atom is 0.416 e. The number of nitrogens with one attached hydrogen (secondary N) is 1. The number of ether oxygens (including phenoxy) is 1. The lowest BCUT2D eigenvalue weighted by Gasteiger charge is -2.14. The number of alkyl halides is 3. The van der Waals surface area contributed by atoms with Gasteiger partial charge >= 0.3 is 6.18 Å². The third-order valence-corrected chi connectivity index (χ3v) is 5.00. The Hall–Kier alpha value is -2.25. The molecule has 8 heteroatoms. The van der Waals surface area contributed by atoms with Crippen LogP contribution in [0, 0.1) is 0 Å². The maximum atomic E-state index is 12.9. The first-order valence-electron chi connectivity index (χ1n) is 8.11. The molecule has 1 N–H and O–H groups in total. The zero-order valence-corrected chi connectivity index (χ0v) is 16.9. The summed E-state index contributed by atoms with van der Waals surface area (Å²) in [7, 11) is 1.49. The second kappa shape index (κ2) is 8.01. The van der Waals surface area contributed by atoms with Crippen LogP contribution in [0.15, 0.2) is 53.0 Å². The van der Waals surface area contributed by atoms with Gasteiger partial charge in [-0.1, -0.05) is 39.7 Å². The summed E-state index contributed by atoms with van der Waals surface area (Å²) in [6, 6.07) is 12.0. The molecule has 0 aliphatic heterocycles. The fourth-order valence-electron chi connectivity index (χ4n) is 2.87. The monoisotopic (exact) mass is 471 g/mol. The van der Waals surface area contributed by atoms with Crippen molar-refractivity contribution in [2.45, 2.75) is 12.6 Å². The van der Waals surface area contributed by atoms with Crippen molar-refractivity contribution < 1.29 is 22.7 Å². The van der Waals surface area contributed by atoms with Crippen molar-refractivity contribution in [1.82, 2.24) is 0 Å². The van der Waals surface area contributed by atoms with E-state index in [0.717, 1.165) is 33.4 Å². The van der Waals surface area contributed by atoms with E-state index in [1.807, 2.05) is 24.3 Å². The van der Waals surface area contributed by atoms with Gasteiger partial charge in [0.05, 0.1) is 29.8 Å². The standard InChI is InChI=1S/C20H14BrClF3NO2/c1-28-18-7-2-11-8-13(21)4-5-14(11)15(18)10-19(27)26-17-9-12(20(23,24)25)3-6-16(17)22/h2-9H,10H2,1H3,(H,26,27). The minimum absolute atomic E-state index is 0.0233. The Morgan fingerprint density at radius 3 is 2.57 bits per heavy atom. The highest BCUT2D eigenvalue weighted by Crippen LogP contribution is 2.34. The Kier molecular flexibility index (Phi) is 5.86. The minimum Gasteiger partial charge on any atom is -0.496 e. The highest BCUT2D eigenvalue weighted by atomic mass is 79.9. The number of halogens is 5. The van der Waals surface area contributed by atoms with E-state index < -0.39 is 17.6 Å². The Bertz CT molecular complexity index is 1050. The second-order valence-electron chi connectivity index (χ2n) is 6.03. The molecule has 0 bridgehead atoms. The van der Waals surface area contributed by atoms with Gasteiger partial charge in [-0.25, -0.2) is 0 Å². The molecule has 0 saturated heterocycles. The predicted molar refractivity (Wildman–Crippen MR) is 107 cm³/mol. The molecule has 0 fully saturated rings. The molecule has 0 saturated carbocycles. The SMILES string of the molecule is COc1ccc2cc(Br)ccc2c1CC(=O)Nc1cc(C(F)(F)F)ccc1Cl. The number of hydrogen-bond acceptors (Lipinski definition) is 2. The van der Waals surface area contributed by atoms with E-state index in [-0.39, 0.29) is 17.1 Å². The molecule has 0 atom stereocenters. The van der Waals surface area contributed by atoms with Crippen LogP contribution in [-0.2, 0) is 17.4 Å². The summed E-state index contributed by atoms with van der Waals surface area (Å²) in [4.78, 5) is 12.6. The van der Waals surface area contributed by atoms with Gasteiger partial charge in [0.15, 0.2) is 0 Å². The Morgan fingerprint density at radius 1 is 1.14 bits per heavy atom. The second-order valence-corrected chi connectivity index (χ2v) is 7.35. The van der Waals surface area contributed by atoms with Crippen LogP contribution in [0.3, 0.4) is 0 Å². The highest BCUT2D eigenvalue weighted by molar-refractivity contribution is 9.10. The van der Waals surface area contributed by atoms with Crippen LogP contribution in [0.4, 0.5) is 18.9 Å².